The third kappa shape index (κ3) is 2.23. The van der Waals surface area contributed by atoms with Crippen LogP contribution >= 0.6 is 11.6 Å². The van der Waals surface area contributed by atoms with Crippen molar-refractivity contribution in [2.24, 2.45) is 0 Å². The lowest BCUT2D eigenvalue weighted by Gasteiger charge is -2.21. The van der Waals surface area contributed by atoms with Crippen LogP contribution in [-0.4, -0.2) is 23.5 Å². The first-order chi connectivity index (χ1) is 7.59. The summed E-state index contributed by atoms with van der Waals surface area (Å²) in [6.07, 6.45) is 4.34. The summed E-state index contributed by atoms with van der Waals surface area (Å²) in [5.41, 5.74) is 2.48. The molecular weight excluding hydrogens is 220 g/mol. The lowest BCUT2D eigenvalue weighted by Crippen LogP contribution is -2.18. The normalized spacial score (nSPS) is 21.9. The lowest BCUT2D eigenvalue weighted by atomic mass is 10.00. The molecule has 1 aliphatic rings. The predicted octanol–water partition coefficient (Wildman–Crippen LogP) is 3.63. The Bertz CT molecular complexity index is 376. The van der Waals surface area contributed by atoms with Gasteiger partial charge in [-0.1, -0.05) is 25.4 Å². The second-order valence-electron chi connectivity index (χ2n) is 4.94. The minimum atomic E-state index is 0.457. The van der Waals surface area contributed by atoms with Gasteiger partial charge in [0.25, 0.3) is 0 Å². The van der Waals surface area contributed by atoms with Crippen molar-refractivity contribution >= 4 is 11.6 Å². The molecule has 0 saturated carbocycles. The fourth-order valence-corrected chi connectivity index (χ4v) is 2.56. The number of halogens is 1. The number of nitrogens with zero attached hydrogens (tertiary/aromatic N) is 2. The zero-order chi connectivity index (χ0) is 11.7. The Kier molecular flexibility index (Phi) is 3.50. The molecule has 1 aliphatic heterocycles. The van der Waals surface area contributed by atoms with E-state index in [2.05, 4.69) is 36.8 Å². The lowest BCUT2D eigenvalue weighted by molar-refractivity contribution is 0.317. The van der Waals surface area contributed by atoms with E-state index in [4.69, 9.17) is 11.6 Å². The molecule has 0 amide bonds. The average Bonchev–Trinajstić information content (AvgIpc) is 2.65. The van der Waals surface area contributed by atoms with E-state index in [9.17, 15) is 0 Å². The molecule has 3 heteroatoms. The fraction of sp³-hybridized carbons (Fsp3) is 0.615. The van der Waals surface area contributed by atoms with Crippen LogP contribution in [0.1, 0.15) is 49.8 Å². The molecular formula is C13H19ClN2. The molecule has 88 valence electrons. The van der Waals surface area contributed by atoms with E-state index in [1.54, 1.807) is 0 Å². The smallest absolute Gasteiger partial charge is 0.133 e. The van der Waals surface area contributed by atoms with Gasteiger partial charge in [0, 0.05) is 17.8 Å². The summed E-state index contributed by atoms with van der Waals surface area (Å²) in [5, 5.41) is 0.670. The molecule has 1 atom stereocenters. The summed E-state index contributed by atoms with van der Waals surface area (Å²) in [5.74, 6) is 0.509. The van der Waals surface area contributed by atoms with Crippen molar-refractivity contribution in [3.05, 3.63) is 28.5 Å². The van der Waals surface area contributed by atoms with E-state index in [1.165, 1.54) is 24.0 Å². The zero-order valence-corrected chi connectivity index (χ0v) is 11.0. The van der Waals surface area contributed by atoms with Crippen molar-refractivity contribution < 1.29 is 0 Å². The van der Waals surface area contributed by atoms with Crippen LogP contribution in [0.3, 0.4) is 0 Å². The van der Waals surface area contributed by atoms with Gasteiger partial charge in [-0.2, -0.15) is 0 Å². The molecule has 0 bridgehead atoms. The molecule has 2 heterocycles. The SMILES string of the molecule is CC(C)c1cnc(Cl)c([C@@H]2CCCN2C)c1. The molecule has 2 nitrogen and oxygen atoms in total. The molecule has 1 saturated heterocycles. The average molecular weight is 239 g/mol. The molecule has 0 unspecified atom stereocenters. The fourth-order valence-electron chi connectivity index (χ4n) is 2.33. The molecule has 0 N–H and O–H groups in total. The summed E-state index contributed by atoms with van der Waals surface area (Å²) < 4.78 is 0. The van der Waals surface area contributed by atoms with Gasteiger partial charge in [0.05, 0.1) is 0 Å². The zero-order valence-electron chi connectivity index (χ0n) is 10.2. The molecule has 0 aromatic carbocycles. The van der Waals surface area contributed by atoms with E-state index in [-0.39, 0.29) is 0 Å². The van der Waals surface area contributed by atoms with Crippen molar-refractivity contribution in [3.63, 3.8) is 0 Å². The van der Waals surface area contributed by atoms with E-state index >= 15 is 0 Å². The van der Waals surface area contributed by atoms with Crippen LogP contribution in [0.15, 0.2) is 12.3 Å². The number of likely N-dealkylation sites (tertiary alicyclic amines) is 1. The largest absolute Gasteiger partial charge is 0.299 e. The minimum absolute atomic E-state index is 0.457. The Balaban J connectivity index is 2.35. The van der Waals surface area contributed by atoms with Gasteiger partial charge >= 0.3 is 0 Å². The van der Waals surface area contributed by atoms with Gasteiger partial charge in [0.15, 0.2) is 0 Å². The highest BCUT2D eigenvalue weighted by Gasteiger charge is 2.25. The van der Waals surface area contributed by atoms with Crippen LogP contribution in [0.2, 0.25) is 5.15 Å². The number of hydrogen-bond acceptors (Lipinski definition) is 2. The van der Waals surface area contributed by atoms with E-state index in [1.807, 2.05) is 6.20 Å². The highest BCUT2D eigenvalue weighted by molar-refractivity contribution is 6.30. The van der Waals surface area contributed by atoms with Crippen molar-refractivity contribution in [1.82, 2.24) is 9.88 Å². The molecule has 1 aromatic rings. The summed E-state index contributed by atoms with van der Waals surface area (Å²) in [6, 6.07) is 2.69. The summed E-state index contributed by atoms with van der Waals surface area (Å²) in [4.78, 5) is 6.69. The van der Waals surface area contributed by atoms with Crippen LogP contribution in [0, 0.1) is 0 Å². The van der Waals surface area contributed by atoms with Crippen molar-refractivity contribution in [2.75, 3.05) is 13.6 Å². The Morgan fingerprint density at radius 1 is 1.50 bits per heavy atom. The molecule has 0 spiro atoms. The van der Waals surface area contributed by atoms with Gasteiger partial charge in [0.1, 0.15) is 5.15 Å². The Morgan fingerprint density at radius 2 is 2.25 bits per heavy atom. The molecule has 0 aliphatic carbocycles. The molecule has 1 aromatic heterocycles. The van der Waals surface area contributed by atoms with E-state index in [0.717, 1.165) is 6.54 Å². The maximum atomic E-state index is 6.21. The monoisotopic (exact) mass is 238 g/mol. The Morgan fingerprint density at radius 3 is 2.81 bits per heavy atom. The first-order valence-electron chi connectivity index (χ1n) is 5.95. The molecule has 1 fully saturated rings. The van der Waals surface area contributed by atoms with Crippen molar-refractivity contribution in [2.45, 2.75) is 38.6 Å². The number of rotatable bonds is 2. The summed E-state index contributed by atoms with van der Waals surface area (Å²) >= 11 is 6.21. The Hall–Kier alpha value is -0.600. The highest BCUT2D eigenvalue weighted by atomic mass is 35.5. The maximum Gasteiger partial charge on any atom is 0.133 e. The van der Waals surface area contributed by atoms with Crippen LogP contribution in [0.25, 0.3) is 0 Å². The van der Waals surface area contributed by atoms with Crippen LogP contribution in [0.5, 0.6) is 0 Å². The van der Waals surface area contributed by atoms with E-state index < -0.39 is 0 Å². The van der Waals surface area contributed by atoms with Gasteiger partial charge in [-0.15, -0.1) is 0 Å². The molecule has 2 rings (SSSR count). The second-order valence-corrected chi connectivity index (χ2v) is 5.30. The number of pyridine rings is 1. The van der Waals surface area contributed by atoms with Gasteiger partial charge in [0.2, 0.25) is 0 Å². The van der Waals surface area contributed by atoms with Gasteiger partial charge in [-0.25, -0.2) is 4.98 Å². The summed E-state index contributed by atoms with van der Waals surface area (Å²) in [7, 11) is 2.16. The van der Waals surface area contributed by atoms with E-state index in [0.29, 0.717) is 17.1 Å². The highest BCUT2D eigenvalue weighted by Crippen LogP contribution is 2.34. The summed E-state index contributed by atoms with van der Waals surface area (Å²) in [6.45, 7) is 5.53. The third-order valence-corrected chi connectivity index (χ3v) is 3.75. The number of hydrogen-bond donors (Lipinski definition) is 0. The third-order valence-electron chi connectivity index (χ3n) is 3.43. The number of aromatic nitrogens is 1. The van der Waals surface area contributed by atoms with Crippen molar-refractivity contribution in [1.29, 1.82) is 0 Å². The molecule has 0 radical (unpaired) electrons. The van der Waals surface area contributed by atoms with Crippen LogP contribution in [0.4, 0.5) is 0 Å². The predicted molar refractivity (Wildman–Crippen MR) is 67.9 cm³/mol. The second kappa shape index (κ2) is 4.72. The van der Waals surface area contributed by atoms with Crippen LogP contribution < -0.4 is 0 Å². The standard InChI is InChI=1S/C13H19ClN2/c1-9(2)10-7-11(13(14)15-8-10)12-5-4-6-16(12)3/h7-9,12H,4-6H2,1-3H3/t12-/m0/s1. The van der Waals surface area contributed by atoms with Gasteiger partial charge < -0.3 is 0 Å². The van der Waals surface area contributed by atoms with Gasteiger partial charge in [-0.05, 0) is 44.0 Å². The van der Waals surface area contributed by atoms with Gasteiger partial charge in [-0.3, -0.25) is 4.90 Å². The first-order valence-corrected chi connectivity index (χ1v) is 6.33. The quantitative estimate of drug-likeness (QED) is 0.732. The minimum Gasteiger partial charge on any atom is -0.299 e. The topological polar surface area (TPSA) is 16.1 Å². The Labute approximate surface area is 103 Å². The first kappa shape index (κ1) is 11.9. The van der Waals surface area contributed by atoms with Crippen LogP contribution in [-0.2, 0) is 0 Å². The maximum absolute atomic E-state index is 6.21. The van der Waals surface area contributed by atoms with Crippen molar-refractivity contribution in [3.8, 4) is 0 Å². The molecule has 16 heavy (non-hydrogen) atoms.